The molecule has 0 aromatic heterocycles. The summed E-state index contributed by atoms with van der Waals surface area (Å²) < 4.78 is 11.3. The van der Waals surface area contributed by atoms with Gasteiger partial charge in [0.15, 0.2) is 0 Å². The molecule has 0 amide bonds. The SMILES string of the molecule is C=C(CCC)C1=CCC(COCc2ccccc2)OB1O. The lowest BCUT2D eigenvalue weighted by Crippen LogP contribution is -2.35. The van der Waals surface area contributed by atoms with Crippen LogP contribution in [0.15, 0.2) is 54.0 Å². The van der Waals surface area contributed by atoms with E-state index in [-0.39, 0.29) is 6.10 Å². The first kappa shape index (κ1) is 16.0. The summed E-state index contributed by atoms with van der Waals surface area (Å²) in [6, 6.07) is 10.0. The van der Waals surface area contributed by atoms with E-state index in [4.69, 9.17) is 9.39 Å². The zero-order valence-corrected chi connectivity index (χ0v) is 12.6. The molecule has 1 aliphatic rings. The van der Waals surface area contributed by atoms with Crippen LogP contribution in [-0.4, -0.2) is 24.9 Å². The van der Waals surface area contributed by atoms with Crippen LogP contribution in [0.25, 0.3) is 0 Å². The highest BCUT2D eigenvalue weighted by atomic mass is 16.6. The molecule has 112 valence electrons. The molecule has 1 atom stereocenters. The van der Waals surface area contributed by atoms with E-state index in [2.05, 4.69) is 13.5 Å². The number of hydrogen-bond acceptors (Lipinski definition) is 3. The van der Waals surface area contributed by atoms with Crippen molar-refractivity contribution >= 4 is 7.12 Å². The zero-order valence-electron chi connectivity index (χ0n) is 12.6. The van der Waals surface area contributed by atoms with E-state index in [1.165, 1.54) is 0 Å². The van der Waals surface area contributed by atoms with E-state index < -0.39 is 7.12 Å². The molecule has 0 bridgehead atoms. The molecule has 3 nitrogen and oxygen atoms in total. The summed E-state index contributed by atoms with van der Waals surface area (Å²) in [5.41, 5.74) is 2.94. The molecule has 1 N–H and O–H groups in total. The molecule has 1 aliphatic heterocycles. The van der Waals surface area contributed by atoms with Gasteiger partial charge < -0.3 is 14.4 Å². The minimum absolute atomic E-state index is 0.0955. The van der Waals surface area contributed by atoms with Gasteiger partial charge in [0.25, 0.3) is 0 Å². The van der Waals surface area contributed by atoms with Crippen LogP contribution in [-0.2, 0) is 16.0 Å². The van der Waals surface area contributed by atoms with E-state index in [9.17, 15) is 5.02 Å². The smallest absolute Gasteiger partial charge is 0.423 e. The first-order chi connectivity index (χ1) is 10.2. The summed E-state index contributed by atoms with van der Waals surface area (Å²) in [5.74, 6) is 0. The Hall–Kier alpha value is -1.36. The Morgan fingerprint density at radius 2 is 2.19 bits per heavy atom. The zero-order chi connectivity index (χ0) is 15.1. The monoisotopic (exact) mass is 286 g/mol. The van der Waals surface area contributed by atoms with Gasteiger partial charge in [-0.25, -0.2) is 0 Å². The summed E-state index contributed by atoms with van der Waals surface area (Å²) in [7, 11) is -0.872. The lowest BCUT2D eigenvalue weighted by atomic mass is 9.71. The molecule has 1 aromatic rings. The largest absolute Gasteiger partial charge is 0.491 e. The summed E-state index contributed by atoms with van der Waals surface area (Å²) in [6.45, 7) is 7.15. The highest BCUT2D eigenvalue weighted by Crippen LogP contribution is 2.23. The van der Waals surface area contributed by atoms with Crippen molar-refractivity contribution in [3.8, 4) is 0 Å². The molecule has 21 heavy (non-hydrogen) atoms. The van der Waals surface area contributed by atoms with Gasteiger partial charge in [-0.05, 0) is 23.9 Å². The lowest BCUT2D eigenvalue weighted by molar-refractivity contribution is 0.0316. The Bertz CT molecular complexity index is 484. The highest BCUT2D eigenvalue weighted by Gasteiger charge is 2.29. The van der Waals surface area contributed by atoms with Gasteiger partial charge in [0, 0.05) is 0 Å². The van der Waals surface area contributed by atoms with Crippen LogP contribution in [0.3, 0.4) is 0 Å². The summed E-state index contributed by atoms with van der Waals surface area (Å²) in [6.07, 6.45) is 4.60. The number of hydrogen-bond donors (Lipinski definition) is 1. The summed E-state index contributed by atoms with van der Waals surface area (Å²) >= 11 is 0. The average molecular weight is 286 g/mol. The standard InChI is InChI=1S/C17H23BO3/c1-3-7-14(2)17-11-10-16(21-18(17)19)13-20-12-15-8-5-4-6-9-15/h4-6,8-9,11,16,19H,2-3,7,10,12-13H2,1H3. The van der Waals surface area contributed by atoms with Gasteiger partial charge in [0.1, 0.15) is 0 Å². The van der Waals surface area contributed by atoms with Crippen molar-refractivity contribution in [2.75, 3.05) is 6.61 Å². The van der Waals surface area contributed by atoms with Gasteiger partial charge in [0.2, 0.25) is 0 Å². The topological polar surface area (TPSA) is 38.7 Å². The molecule has 1 aromatic carbocycles. The van der Waals surface area contributed by atoms with Gasteiger partial charge >= 0.3 is 7.12 Å². The van der Waals surface area contributed by atoms with Crippen molar-refractivity contribution in [1.29, 1.82) is 0 Å². The first-order valence-corrected chi connectivity index (χ1v) is 7.54. The third kappa shape index (κ3) is 4.85. The molecule has 2 rings (SSSR count). The Balaban J connectivity index is 1.78. The molecule has 0 fully saturated rings. The second-order valence-corrected chi connectivity index (χ2v) is 5.36. The molecule has 1 heterocycles. The predicted molar refractivity (Wildman–Crippen MR) is 85.7 cm³/mol. The Morgan fingerprint density at radius 1 is 1.43 bits per heavy atom. The van der Waals surface area contributed by atoms with Gasteiger partial charge in [-0.2, -0.15) is 0 Å². The molecule has 0 aliphatic carbocycles. The maximum absolute atomic E-state index is 10.0. The molecular weight excluding hydrogens is 263 g/mol. The third-order valence-electron chi connectivity index (χ3n) is 3.56. The molecule has 0 radical (unpaired) electrons. The number of ether oxygens (including phenoxy) is 1. The fourth-order valence-corrected chi connectivity index (χ4v) is 2.43. The van der Waals surface area contributed by atoms with E-state index in [1.807, 2.05) is 36.4 Å². The summed E-state index contributed by atoms with van der Waals surface area (Å²) in [4.78, 5) is 0. The normalized spacial score (nSPS) is 18.5. The van der Waals surface area contributed by atoms with Crippen LogP contribution in [0.2, 0.25) is 0 Å². The minimum atomic E-state index is -0.872. The van der Waals surface area contributed by atoms with Crippen LogP contribution in [0.4, 0.5) is 0 Å². The fourth-order valence-electron chi connectivity index (χ4n) is 2.43. The van der Waals surface area contributed by atoms with Crippen molar-refractivity contribution in [3.63, 3.8) is 0 Å². The Labute approximate surface area is 127 Å². The third-order valence-corrected chi connectivity index (χ3v) is 3.56. The maximum atomic E-state index is 10.0. The van der Waals surface area contributed by atoms with E-state index in [0.29, 0.717) is 13.2 Å². The second-order valence-electron chi connectivity index (χ2n) is 5.36. The van der Waals surface area contributed by atoms with Gasteiger partial charge in [-0.3, -0.25) is 0 Å². The molecule has 0 spiro atoms. The van der Waals surface area contributed by atoms with E-state index >= 15 is 0 Å². The fraction of sp³-hybridized carbons (Fsp3) is 0.412. The van der Waals surface area contributed by atoms with Crippen molar-refractivity contribution in [3.05, 3.63) is 59.6 Å². The number of benzene rings is 1. The Morgan fingerprint density at radius 3 is 2.86 bits per heavy atom. The van der Waals surface area contributed by atoms with Gasteiger partial charge in [0.05, 0.1) is 19.3 Å². The molecule has 0 saturated carbocycles. The van der Waals surface area contributed by atoms with Crippen molar-refractivity contribution in [2.45, 2.75) is 38.9 Å². The maximum Gasteiger partial charge on any atom is 0.491 e. The second kappa shape index (κ2) is 8.18. The molecule has 0 saturated heterocycles. The van der Waals surface area contributed by atoms with Crippen molar-refractivity contribution in [2.24, 2.45) is 0 Å². The van der Waals surface area contributed by atoms with Crippen LogP contribution < -0.4 is 0 Å². The predicted octanol–water partition coefficient (Wildman–Crippen LogP) is 3.29. The number of allylic oxidation sites excluding steroid dienone is 2. The average Bonchev–Trinajstić information content (AvgIpc) is 2.48. The van der Waals surface area contributed by atoms with E-state index in [1.54, 1.807) is 0 Å². The van der Waals surface area contributed by atoms with Crippen LogP contribution in [0.5, 0.6) is 0 Å². The van der Waals surface area contributed by atoms with E-state index in [0.717, 1.165) is 35.9 Å². The minimum Gasteiger partial charge on any atom is -0.423 e. The molecular formula is C17H23BO3. The van der Waals surface area contributed by atoms with Gasteiger partial charge in [-0.1, -0.05) is 61.9 Å². The first-order valence-electron chi connectivity index (χ1n) is 7.54. The van der Waals surface area contributed by atoms with Crippen LogP contribution >= 0.6 is 0 Å². The van der Waals surface area contributed by atoms with Crippen LogP contribution in [0.1, 0.15) is 31.7 Å². The molecule has 4 heteroatoms. The quantitative estimate of drug-likeness (QED) is 0.782. The van der Waals surface area contributed by atoms with Gasteiger partial charge in [-0.15, -0.1) is 0 Å². The van der Waals surface area contributed by atoms with Crippen LogP contribution in [0, 0.1) is 0 Å². The van der Waals surface area contributed by atoms with Crippen molar-refractivity contribution in [1.82, 2.24) is 0 Å². The highest BCUT2D eigenvalue weighted by molar-refractivity contribution is 6.54. The lowest BCUT2D eigenvalue weighted by Gasteiger charge is -2.26. The summed E-state index contributed by atoms with van der Waals surface area (Å²) in [5, 5.41) is 10.0. The van der Waals surface area contributed by atoms with Crippen molar-refractivity contribution < 1.29 is 14.4 Å². The Kier molecular flexibility index (Phi) is 6.24. The number of rotatable bonds is 7. The molecule has 1 unspecified atom stereocenters.